The molecule has 0 saturated heterocycles. The molecule has 0 amide bonds. The van der Waals surface area contributed by atoms with Crippen molar-refractivity contribution in [3.05, 3.63) is 0 Å². The lowest BCUT2D eigenvalue weighted by Crippen LogP contribution is -2.75. The summed E-state index contributed by atoms with van der Waals surface area (Å²) >= 11 is 0. The van der Waals surface area contributed by atoms with Gasteiger partial charge in [-0.25, -0.2) is 4.79 Å². The van der Waals surface area contributed by atoms with Crippen LogP contribution in [0.2, 0.25) is 0 Å². The summed E-state index contributed by atoms with van der Waals surface area (Å²) < 4.78 is 220. The summed E-state index contributed by atoms with van der Waals surface area (Å²) in [5.41, 5.74) is 0. The van der Waals surface area contributed by atoms with Crippen LogP contribution >= 0.6 is 0 Å². The van der Waals surface area contributed by atoms with E-state index in [-0.39, 0.29) is 7.11 Å². The highest BCUT2D eigenvalue weighted by atomic mass is 19.4. The maximum atomic E-state index is 13.5. The van der Waals surface area contributed by atoms with Crippen LogP contribution < -0.4 is 0 Å². The Balaban J connectivity index is 6.99. The van der Waals surface area contributed by atoms with Crippen molar-refractivity contribution < 1.29 is 84.2 Å². The molecule has 0 atom stereocenters. The van der Waals surface area contributed by atoms with Gasteiger partial charge in [0.2, 0.25) is 0 Å². The lowest BCUT2D eigenvalue weighted by atomic mass is 10.1. The van der Waals surface area contributed by atoms with Gasteiger partial charge in [-0.3, -0.25) is 0 Å². The number of rotatable bonds is 6. The second-order valence-electron chi connectivity index (χ2n) is 4.76. The molecular weight excluding hydrogens is 491 g/mol. The molecule has 0 saturated carbocycles. The van der Waals surface area contributed by atoms with Crippen molar-refractivity contribution in [2.75, 3.05) is 7.11 Å². The van der Waals surface area contributed by atoms with Gasteiger partial charge in [0.1, 0.15) is 0 Å². The normalized spacial score (nSPS) is 15.7. The number of ether oxygens (including phenoxy) is 1. The molecule has 0 aliphatic rings. The van der Waals surface area contributed by atoms with Crippen LogP contribution in [0.3, 0.4) is 0 Å². The molecule has 180 valence electrons. The van der Waals surface area contributed by atoms with Gasteiger partial charge >= 0.3 is 48.9 Å². The molecule has 0 aromatic heterocycles. The van der Waals surface area contributed by atoms with Crippen molar-refractivity contribution in [2.45, 2.75) is 43.0 Å². The van der Waals surface area contributed by atoms with E-state index in [4.69, 9.17) is 0 Å². The van der Waals surface area contributed by atoms with E-state index in [0.29, 0.717) is 0 Å². The number of carbonyl (C=O) groups is 1. The van der Waals surface area contributed by atoms with Crippen molar-refractivity contribution in [2.24, 2.45) is 0 Å². The van der Waals surface area contributed by atoms with Crippen molar-refractivity contribution >= 4 is 5.97 Å². The Morgan fingerprint density at radius 2 is 0.833 bits per heavy atom. The van der Waals surface area contributed by atoms with E-state index < -0.39 is 58.7 Å². The summed E-state index contributed by atoms with van der Waals surface area (Å²) in [6.45, 7) is 0. The lowest BCUT2D eigenvalue weighted by Gasteiger charge is -2.44. The predicted molar refractivity (Wildman–Crippen MR) is 53.6 cm³/mol. The lowest BCUT2D eigenvalue weighted by molar-refractivity contribution is -0.511. The highest BCUT2D eigenvalue weighted by molar-refractivity contribution is 5.77. The molecule has 0 aromatic carbocycles. The highest BCUT2D eigenvalue weighted by Crippen LogP contribution is 2.57. The second kappa shape index (κ2) is 7.41. The Morgan fingerprint density at radius 3 is 1.07 bits per heavy atom. The number of alkyl halides is 17. The number of methoxy groups -OCH3 is 1. The fraction of sp³-hybridized carbons (Fsp3) is 0.889. The highest BCUT2D eigenvalue weighted by Gasteiger charge is 2.87. The molecule has 4 nitrogen and oxygen atoms in total. The van der Waals surface area contributed by atoms with Crippen molar-refractivity contribution in [1.82, 2.24) is 9.80 Å². The zero-order valence-corrected chi connectivity index (χ0v) is 13.1. The van der Waals surface area contributed by atoms with Gasteiger partial charge < -0.3 is 4.74 Å². The summed E-state index contributed by atoms with van der Waals surface area (Å²) in [6, 6.07) is -23.7. The summed E-state index contributed by atoms with van der Waals surface area (Å²) in [5, 5.41) is 0. The summed E-state index contributed by atoms with van der Waals surface area (Å²) in [7, 11) is -0.245. The minimum atomic E-state index is -8.52. The van der Waals surface area contributed by atoms with Crippen molar-refractivity contribution in [3.63, 3.8) is 0 Å². The molecule has 0 unspecified atom stereocenters. The van der Waals surface area contributed by atoms with Crippen LogP contribution in [0.1, 0.15) is 0 Å². The molecule has 0 aliphatic carbocycles. The van der Waals surface area contributed by atoms with Gasteiger partial charge in [-0.05, 0) is 0 Å². The molecule has 0 N–H and O–H groups in total. The summed E-state index contributed by atoms with van der Waals surface area (Å²) in [6.07, 6.45) is -23.0. The number of halogens is 17. The second-order valence-corrected chi connectivity index (χ2v) is 4.76. The van der Waals surface area contributed by atoms with Crippen LogP contribution in [-0.4, -0.2) is 65.8 Å². The Hall–Kier alpha value is -1.80. The van der Waals surface area contributed by atoms with Gasteiger partial charge in [0.15, 0.2) is 0 Å². The summed E-state index contributed by atoms with van der Waals surface area (Å²) in [4.78, 5) is 1.75. The average molecular weight is 494 g/mol. The third-order valence-corrected chi connectivity index (χ3v) is 2.79. The minimum absolute atomic E-state index is 0.245. The third-order valence-electron chi connectivity index (χ3n) is 2.79. The maximum Gasteiger partial charge on any atom is 0.472 e. The van der Waals surface area contributed by atoms with Gasteiger partial charge in [0.25, 0.3) is 0 Å². The van der Waals surface area contributed by atoms with Crippen LogP contribution in [0.25, 0.3) is 0 Å². The van der Waals surface area contributed by atoms with Gasteiger partial charge in [-0.2, -0.15) is 74.6 Å². The molecule has 21 heteroatoms. The Labute approximate surface area is 151 Å². The number of esters is 1. The molecule has 0 radical (unpaired) electrons. The smallest absolute Gasteiger partial charge is 0.463 e. The Morgan fingerprint density at radius 1 is 0.567 bits per heavy atom. The van der Waals surface area contributed by atoms with Gasteiger partial charge in [-0.1, -0.05) is 9.80 Å². The van der Waals surface area contributed by atoms with Crippen LogP contribution in [0.4, 0.5) is 74.6 Å². The van der Waals surface area contributed by atoms with E-state index in [9.17, 15) is 79.4 Å². The van der Waals surface area contributed by atoms with Gasteiger partial charge in [-0.15, -0.1) is 0 Å². The zero-order chi connectivity index (χ0) is 24.9. The fourth-order valence-electron chi connectivity index (χ4n) is 1.63. The molecule has 30 heavy (non-hydrogen) atoms. The summed E-state index contributed by atoms with van der Waals surface area (Å²) in [5.74, 6) is -12.3. The minimum Gasteiger partial charge on any atom is -0.463 e. The Kier molecular flexibility index (Phi) is 6.96. The maximum absolute atomic E-state index is 13.5. The first-order chi connectivity index (χ1) is 12.7. The largest absolute Gasteiger partial charge is 0.472 e. The molecule has 0 rings (SSSR count). The molecule has 0 spiro atoms. The Bertz CT molecular complexity index is 619. The van der Waals surface area contributed by atoms with Crippen LogP contribution in [-0.2, 0) is 9.53 Å². The van der Waals surface area contributed by atoms with Crippen LogP contribution in [0.15, 0.2) is 0 Å². The number of nitrogens with zero attached hydrogens (tertiary/aromatic N) is 2. The molecular formula is C9H3F17N2O2. The van der Waals surface area contributed by atoms with E-state index in [1.807, 2.05) is 0 Å². The van der Waals surface area contributed by atoms with Gasteiger partial charge in [0, 0.05) is 0 Å². The standard InChI is InChI=1S/C9H3F17N2O2/c1-30-2(29)3(10,11)27(7(18,19)20)5(14,15)4(12,13)6(16,17)28(8(21,22)23)9(24,25)26/h1H3. The quantitative estimate of drug-likeness (QED) is 0.304. The van der Waals surface area contributed by atoms with Crippen LogP contribution in [0.5, 0.6) is 0 Å². The topological polar surface area (TPSA) is 32.8 Å². The van der Waals surface area contributed by atoms with E-state index in [2.05, 4.69) is 4.74 Å². The van der Waals surface area contributed by atoms with E-state index in [1.165, 1.54) is 0 Å². The first kappa shape index (κ1) is 28.2. The molecule has 0 bridgehead atoms. The van der Waals surface area contributed by atoms with Crippen molar-refractivity contribution in [3.8, 4) is 0 Å². The average Bonchev–Trinajstić information content (AvgIpc) is 2.39. The van der Waals surface area contributed by atoms with Crippen LogP contribution in [0, 0.1) is 0 Å². The van der Waals surface area contributed by atoms with E-state index in [0.717, 1.165) is 0 Å². The molecule has 0 heterocycles. The zero-order valence-electron chi connectivity index (χ0n) is 13.1. The van der Waals surface area contributed by atoms with Gasteiger partial charge in [0.05, 0.1) is 7.11 Å². The first-order valence-corrected chi connectivity index (χ1v) is 6.12. The SMILES string of the molecule is COC(=O)C(F)(F)N(C(F)(F)F)C(F)(F)C(F)(F)C(F)(F)N(C(F)(F)F)C(F)(F)F. The fourth-order valence-corrected chi connectivity index (χ4v) is 1.63. The predicted octanol–water partition coefficient (Wildman–Crippen LogP) is 4.74. The van der Waals surface area contributed by atoms with E-state index in [1.54, 1.807) is 0 Å². The molecule has 0 fully saturated rings. The van der Waals surface area contributed by atoms with Crippen molar-refractivity contribution in [1.29, 1.82) is 0 Å². The molecule has 0 aliphatic heterocycles. The number of hydrogen-bond acceptors (Lipinski definition) is 4. The molecule has 0 aromatic rings. The monoisotopic (exact) mass is 494 g/mol. The number of carbonyl (C=O) groups excluding carboxylic acids is 1. The van der Waals surface area contributed by atoms with E-state index >= 15 is 0 Å². The number of hydrogen-bond donors (Lipinski definition) is 0. The third kappa shape index (κ3) is 4.59. The first-order valence-electron chi connectivity index (χ1n) is 6.12.